The Morgan fingerprint density at radius 3 is 1.92 bits per heavy atom. The van der Waals surface area contributed by atoms with Crippen LogP contribution in [0, 0.1) is 0 Å². The maximum Gasteiger partial charge on any atom is 0.0978 e. The molecule has 4 heteroatoms. The third kappa shape index (κ3) is 4.03. The van der Waals surface area contributed by atoms with E-state index in [0.717, 1.165) is 82.3 Å². The summed E-state index contributed by atoms with van der Waals surface area (Å²) >= 11 is 0. The van der Waals surface area contributed by atoms with Crippen LogP contribution in [0.4, 0.5) is 0 Å². The minimum Gasteiger partial charge on any atom is -0.254 e. The van der Waals surface area contributed by atoms with Gasteiger partial charge in [-0.3, -0.25) is 9.97 Å². The lowest BCUT2D eigenvalue weighted by Crippen LogP contribution is -1.94. The minimum absolute atomic E-state index is 0.903. The molecule has 0 unspecified atom stereocenters. The van der Waals surface area contributed by atoms with E-state index in [1.165, 1.54) is 16.5 Å². The van der Waals surface area contributed by atoms with Crippen molar-refractivity contribution in [2.45, 2.75) is 0 Å². The van der Waals surface area contributed by atoms with Crippen molar-refractivity contribution >= 4 is 65.3 Å². The predicted octanol–water partition coefficient (Wildman–Crippen LogP) is 11.2. The lowest BCUT2D eigenvalue weighted by molar-refractivity contribution is 1.37. The quantitative estimate of drug-likeness (QED) is 0.147. The van der Waals surface area contributed by atoms with Gasteiger partial charge in [0, 0.05) is 50.5 Å². The third-order valence-corrected chi connectivity index (χ3v) is 9.52. The summed E-state index contributed by atoms with van der Waals surface area (Å²) in [5.41, 5.74) is 11.3. The molecule has 4 heterocycles. The van der Waals surface area contributed by atoms with Gasteiger partial charge in [-0.05, 0) is 57.8 Å². The minimum atomic E-state index is 0.903. The molecule has 0 bridgehead atoms. The molecular weight excluding hydrogens is 585 g/mol. The van der Waals surface area contributed by atoms with E-state index in [1.807, 2.05) is 24.5 Å². The van der Waals surface area contributed by atoms with E-state index in [1.54, 1.807) is 0 Å². The van der Waals surface area contributed by atoms with Gasteiger partial charge in [0.2, 0.25) is 0 Å². The van der Waals surface area contributed by atoms with E-state index >= 15 is 0 Å². The smallest absolute Gasteiger partial charge is 0.0978 e. The molecule has 0 aliphatic heterocycles. The molecule has 48 heavy (non-hydrogen) atoms. The van der Waals surface area contributed by atoms with Crippen LogP contribution in [-0.4, -0.2) is 19.9 Å². The second kappa shape index (κ2) is 10.5. The molecule has 4 nitrogen and oxygen atoms in total. The van der Waals surface area contributed by atoms with Gasteiger partial charge in [0.05, 0.1) is 33.3 Å². The highest BCUT2D eigenvalue weighted by molar-refractivity contribution is 6.17. The van der Waals surface area contributed by atoms with Crippen LogP contribution in [0.25, 0.3) is 98.8 Å². The first-order valence-corrected chi connectivity index (χ1v) is 16.1. The number of pyridine rings is 4. The van der Waals surface area contributed by atoms with Crippen molar-refractivity contribution in [2.75, 3.05) is 0 Å². The van der Waals surface area contributed by atoms with Crippen molar-refractivity contribution in [2.24, 2.45) is 0 Å². The first-order valence-electron chi connectivity index (χ1n) is 16.1. The summed E-state index contributed by atoms with van der Waals surface area (Å²) in [5.74, 6) is 0. The lowest BCUT2D eigenvalue weighted by atomic mass is 9.90. The van der Waals surface area contributed by atoms with Crippen molar-refractivity contribution in [1.82, 2.24) is 19.9 Å². The SMILES string of the molecule is c1ccc(-c2c3ccccc3nc3c2ccc2ccc(-c4ccc(-c5cc6cccnc6c6ncccc56)c5ccccc45)nc23)cc1. The van der Waals surface area contributed by atoms with E-state index in [2.05, 4.69) is 138 Å². The molecule has 0 spiro atoms. The zero-order chi connectivity index (χ0) is 31.6. The molecule has 0 atom stereocenters. The summed E-state index contributed by atoms with van der Waals surface area (Å²) in [6.07, 6.45) is 3.68. The first-order chi connectivity index (χ1) is 23.8. The first kappa shape index (κ1) is 26.7. The van der Waals surface area contributed by atoms with E-state index in [-0.39, 0.29) is 0 Å². The Kier molecular flexibility index (Phi) is 5.84. The Bertz CT molecular complexity index is 2900. The second-order valence-corrected chi connectivity index (χ2v) is 12.2. The molecule has 0 N–H and O–H groups in total. The summed E-state index contributed by atoms with van der Waals surface area (Å²) in [6, 6.07) is 51.2. The van der Waals surface area contributed by atoms with E-state index < -0.39 is 0 Å². The highest BCUT2D eigenvalue weighted by atomic mass is 14.8. The monoisotopic (exact) mass is 610 g/mol. The van der Waals surface area contributed by atoms with E-state index in [4.69, 9.17) is 15.0 Å². The van der Waals surface area contributed by atoms with Gasteiger partial charge in [0.15, 0.2) is 0 Å². The molecule has 0 aliphatic carbocycles. The Morgan fingerprint density at radius 1 is 0.354 bits per heavy atom. The number of nitrogens with zero attached hydrogens (tertiary/aromatic N) is 4. The molecular formula is C44H26N4. The number of benzene rings is 6. The Labute approximate surface area is 276 Å². The largest absolute Gasteiger partial charge is 0.254 e. The van der Waals surface area contributed by atoms with Gasteiger partial charge in [-0.2, -0.15) is 0 Å². The van der Waals surface area contributed by atoms with Crippen LogP contribution in [-0.2, 0) is 0 Å². The molecule has 222 valence electrons. The van der Waals surface area contributed by atoms with Crippen LogP contribution in [0.3, 0.4) is 0 Å². The van der Waals surface area contributed by atoms with Crippen LogP contribution in [0.15, 0.2) is 158 Å². The number of aromatic nitrogens is 4. The fourth-order valence-corrected chi connectivity index (χ4v) is 7.36. The fourth-order valence-electron chi connectivity index (χ4n) is 7.36. The van der Waals surface area contributed by atoms with Crippen molar-refractivity contribution < 1.29 is 0 Å². The van der Waals surface area contributed by atoms with Crippen molar-refractivity contribution in [3.8, 4) is 33.5 Å². The topological polar surface area (TPSA) is 51.6 Å². The summed E-state index contributed by atoms with van der Waals surface area (Å²) < 4.78 is 0. The fraction of sp³-hybridized carbons (Fsp3) is 0. The number of rotatable bonds is 3. The summed E-state index contributed by atoms with van der Waals surface area (Å²) in [6.45, 7) is 0. The number of para-hydroxylation sites is 1. The zero-order valence-corrected chi connectivity index (χ0v) is 25.8. The second-order valence-electron chi connectivity index (χ2n) is 12.2. The van der Waals surface area contributed by atoms with Crippen LogP contribution in [0.2, 0.25) is 0 Å². The van der Waals surface area contributed by atoms with Crippen LogP contribution in [0.1, 0.15) is 0 Å². The Morgan fingerprint density at radius 2 is 1.04 bits per heavy atom. The Balaban J connectivity index is 1.22. The zero-order valence-electron chi connectivity index (χ0n) is 25.8. The molecule has 0 aliphatic rings. The molecule has 4 aromatic heterocycles. The molecule has 0 fully saturated rings. The highest BCUT2D eigenvalue weighted by Gasteiger charge is 2.17. The standard InChI is InChI=1S/C44H26N4/c1-2-10-27(11-3-1)40-35-15-6-7-17-38(35)48-44-36(40)20-18-28-19-23-39(47-42(28)44)33-22-21-32(30-13-4-5-14-31(30)33)37-26-29-12-8-24-45-41(29)43-34(37)16-9-25-46-43/h1-26H. The number of hydrogen-bond acceptors (Lipinski definition) is 4. The highest BCUT2D eigenvalue weighted by Crippen LogP contribution is 2.41. The Hall–Kier alpha value is -6.52. The summed E-state index contributed by atoms with van der Waals surface area (Å²) in [4.78, 5) is 20.0. The van der Waals surface area contributed by atoms with Crippen LogP contribution in [0.5, 0.6) is 0 Å². The third-order valence-electron chi connectivity index (χ3n) is 9.52. The average molecular weight is 611 g/mol. The van der Waals surface area contributed by atoms with Crippen LogP contribution < -0.4 is 0 Å². The summed E-state index contributed by atoms with van der Waals surface area (Å²) in [7, 11) is 0. The maximum atomic E-state index is 5.38. The summed E-state index contributed by atoms with van der Waals surface area (Å²) in [5, 5.41) is 7.78. The molecule has 6 aromatic carbocycles. The van der Waals surface area contributed by atoms with Gasteiger partial charge < -0.3 is 0 Å². The number of fused-ring (bicyclic) bond motifs is 8. The molecule has 0 saturated carbocycles. The molecule has 0 saturated heterocycles. The van der Waals surface area contributed by atoms with Gasteiger partial charge in [-0.15, -0.1) is 0 Å². The maximum absolute atomic E-state index is 5.38. The molecule has 0 radical (unpaired) electrons. The van der Waals surface area contributed by atoms with Gasteiger partial charge in [0.25, 0.3) is 0 Å². The number of hydrogen-bond donors (Lipinski definition) is 0. The average Bonchev–Trinajstić information content (AvgIpc) is 3.16. The normalized spacial score (nSPS) is 11.8. The van der Waals surface area contributed by atoms with Crippen molar-refractivity contribution in [3.05, 3.63) is 158 Å². The van der Waals surface area contributed by atoms with Gasteiger partial charge in [0.1, 0.15) is 0 Å². The molecule has 10 aromatic rings. The van der Waals surface area contributed by atoms with Gasteiger partial charge in [-0.1, -0.05) is 115 Å². The van der Waals surface area contributed by atoms with Crippen LogP contribution >= 0.6 is 0 Å². The van der Waals surface area contributed by atoms with Crippen molar-refractivity contribution in [3.63, 3.8) is 0 Å². The van der Waals surface area contributed by atoms with Crippen molar-refractivity contribution in [1.29, 1.82) is 0 Å². The van der Waals surface area contributed by atoms with E-state index in [9.17, 15) is 0 Å². The van der Waals surface area contributed by atoms with Gasteiger partial charge >= 0.3 is 0 Å². The lowest BCUT2D eigenvalue weighted by Gasteiger charge is -2.15. The van der Waals surface area contributed by atoms with Gasteiger partial charge in [-0.25, -0.2) is 9.97 Å². The predicted molar refractivity (Wildman–Crippen MR) is 199 cm³/mol. The van der Waals surface area contributed by atoms with E-state index in [0.29, 0.717) is 0 Å². The molecule has 0 amide bonds. The molecule has 10 rings (SSSR count).